The van der Waals surface area contributed by atoms with E-state index in [1.54, 1.807) is 0 Å². The first-order valence-electron chi connectivity index (χ1n) is 6.92. The van der Waals surface area contributed by atoms with E-state index in [9.17, 15) is 9.90 Å². The number of aliphatic hydroxyl groups is 1. The molecule has 0 aromatic heterocycles. The van der Waals surface area contributed by atoms with Crippen molar-refractivity contribution in [2.24, 2.45) is 5.92 Å². The molecule has 0 radical (unpaired) electrons. The molecule has 1 aliphatic carbocycles. The van der Waals surface area contributed by atoms with E-state index in [4.69, 9.17) is 0 Å². The van der Waals surface area contributed by atoms with Crippen LogP contribution in [0, 0.1) is 5.92 Å². The molecular weight excluding hydrogens is 216 g/mol. The molecular formula is C13H22N2O2. The molecule has 0 aromatic carbocycles. The minimum Gasteiger partial charge on any atom is -0.393 e. The molecule has 4 nitrogen and oxygen atoms in total. The van der Waals surface area contributed by atoms with E-state index < -0.39 is 0 Å². The molecule has 3 N–H and O–H groups in total. The fourth-order valence-corrected chi connectivity index (χ4v) is 3.60. The third-order valence-corrected chi connectivity index (χ3v) is 4.52. The van der Waals surface area contributed by atoms with Crippen molar-refractivity contribution >= 4 is 5.91 Å². The van der Waals surface area contributed by atoms with Crippen LogP contribution in [-0.2, 0) is 4.79 Å². The van der Waals surface area contributed by atoms with Crippen molar-refractivity contribution in [1.29, 1.82) is 0 Å². The number of hydrogen-bond donors (Lipinski definition) is 3. The standard InChI is InChI=1S/C13H22N2O2/c16-12-6-11(7-12)15-13(17)5-8-3-9-1-2-10(4-8)14-9/h8-12,14,16H,1-7H2,(H,15,17). The van der Waals surface area contributed by atoms with Crippen LogP contribution >= 0.6 is 0 Å². The number of fused-ring (bicyclic) bond motifs is 2. The largest absolute Gasteiger partial charge is 0.393 e. The van der Waals surface area contributed by atoms with Gasteiger partial charge in [0.25, 0.3) is 0 Å². The Morgan fingerprint density at radius 2 is 1.82 bits per heavy atom. The molecule has 17 heavy (non-hydrogen) atoms. The Bertz CT molecular complexity index is 290. The number of carbonyl (C=O) groups excluding carboxylic acids is 1. The summed E-state index contributed by atoms with van der Waals surface area (Å²) < 4.78 is 0. The maximum atomic E-state index is 11.8. The van der Waals surface area contributed by atoms with Crippen molar-refractivity contribution < 1.29 is 9.90 Å². The first-order valence-corrected chi connectivity index (χ1v) is 6.92. The quantitative estimate of drug-likeness (QED) is 0.673. The molecule has 3 fully saturated rings. The molecule has 2 heterocycles. The number of aliphatic hydroxyl groups excluding tert-OH is 1. The fraction of sp³-hybridized carbons (Fsp3) is 0.923. The molecule has 3 rings (SSSR count). The Hall–Kier alpha value is -0.610. The highest BCUT2D eigenvalue weighted by Crippen LogP contribution is 2.32. The van der Waals surface area contributed by atoms with Crippen molar-refractivity contribution in [3.8, 4) is 0 Å². The zero-order valence-corrected chi connectivity index (χ0v) is 10.2. The van der Waals surface area contributed by atoms with Crippen molar-refractivity contribution in [3.63, 3.8) is 0 Å². The molecule has 1 saturated carbocycles. The second kappa shape index (κ2) is 4.58. The van der Waals surface area contributed by atoms with Crippen molar-refractivity contribution in [2.75, 3.05) is 0 Å². The van der Waals surface area contributed by atoms with Crippen molar-refractivity contribution in [1.82, 2.24) is 10.6 Å². The maximum Gasteiger partial charge on any atom is 0.220 e. The fourth-order valence-electron chi connectivity index (χ4n) is 3.60. The summed E-state index contributed by atoms with van der Waals surface area (Å²) in [6.45, 7) is 0. The summed E-state index contributed by atoms with van der Waals surface area (Å²) >= 11 is 0. The summed E-state index contributed by atoms with van der Waals surface area (Å²) in [6.07, 6.45) is 6.88. The molecule has 2 aliphatic heterocycles. The number of rotatable bonds is 3. The number of carbonyl (C=O) groups is 1. The van der Waals surface area contributed by atoms with Crippen LogP contribution in [-0.4, -0.2) is 35.2 Å². The van der Waals surface area contributed by atoms with Gasteiger partial charge in [-0.1, -0.05) is 0 Å². The van der Waals surface area contributed by atoms with Gasteiger partial charge in [-0.05, 0) is 44.4 Å². The lowest BCUT2D eigenvalue weighted by Gasteiger charge is -2.33. The Morgan fingerprint density at radius 3 is 2.41 bits per heavy atom. The number of nitrogens with one attached hydrogen (secondary N) is 2. The number of amides is 1. The summed E-state index contributed by atoms with van der Waals surface area (Å²) in [7, 11) is 0. The van der Waals surface area contributed by atoms with E-state index in [1.165, 1.54) is 12.8 Å². The normalized spacial score (nSPS) is 44.2. The maximum absolute atomic E-state index is 11.8. The van der Waals surface area contributed by atoms with E-state index in [0.29, 0.717) is 24.4 Å². The third kappa shape index (κ3) is 2.63. The SMILES string of the molecule is O=C(CC1CC2CCC(C1)N2)NC1CC(O)C1. The van der Waals surface area contributed by atoms with E-state index >= 15 is 0 Å². The summed E-state index contributed by atoms with van der Waals surface area (Å²) in [4.78, 5) is 11.8. The molecule has 1 amide bonds. The van der Waals surface area contributed by atoms with Gasteiger partial charge in [-0.25, -0.2) is 0 Å². The first kappa shape index (κ1) is 11.5. The first-order chi connectivity index (χ1) is 8.19. The topological polar surface area (TPSA) is 61.4 Å². The predicted molar refractivity (Wildman–Crippen MR) is 64.5 cm³/mol. The molecule has 2 bridgehead atoms. The smallest absolute Gasteiger partial charge is 0.220 e. The lowest BCUT2D eigenvalue weighted by molar-refractivity contribution is -0.124. The minimum absolute atomic E-state index is 0.185. The Labute approximate surface area is 102 Å². The van der Waals surface area contributed by atoms with E-state index in [0.717, 1.165) is 25.7 Å². The lowest BCUT2D eigenvalue weighted by Crippen LogP contribution is -2.47. The van der Waals surface area contributed by atoms with Crippen molar-refractivity contribution in [3.05, 3.63) is 0 Å². The zero-order chi connectivity index (χ0) is 11.8. The van der Waals surface area contributed by atoms with Gasteiger partial charge in [0, 0.05) is 24.5 Å². The summed E-state index contributed by atoms with van der Waals surface area (Å²) in [5, 5.41) is 15.8. The molecule has 2 unspecified atom stereocenters. The van der Waals surface area contributed by atoms with Crippen LogP contribution in [0.1, 0.15) is 44.9 Å². The number of hydrogen-bond acceptors (Lipinski definition) is 3. The van der Waals surface area contributed by atoms with Gasteiger partial charge in [-0.3, -0.25) is 4.79 Å². The van der Waals surface area contributed by atoms with E-state index in [2.05, 4.69) is 10.6 Å². The average Bonchev–Trinajstić information content (AvgIpc) is 2.56. The molecule has 4 heteroatoms. The van der Waals surface area contributed by atoms with Gasteiger partial charge in [0.15, 0.2) is 0 Å². The van der Waals surface area contributed by atoms with Gasteiger partial charge in [0.1, 0.15) is 0 Å². The molecule has 0 aromatic rings. The second-order valence-corrected chi connectivity index (χ2v) is 6.07. The minimum atomic E-state index is -0.185. The van der Waals surface area contributed by atoms with Gasteiger partial charge >= 0.3 is 0 Å². The highest BCUT2D eigenvalue weighted by Gasteiger charge is 2.35. The Balaban J connectivity index is 1.42. The predicted octanol–water partition coefficient (Wildman–Crippen LogP) is 0.547. The summed E-state index contributed by atoms with van der Waals surface area (Å²) in [5.41, 5.74) is 0. The monoisotopic (exact) mass is 238 g/mol. The molecule has 96 valence electrons. The van der Waals surface area contributed by atoms with Gasteiger partial charge < -0.3 is 15.7 Å². The van der Waals surface area contributed by atoms with Gasteiger partial charge in [0.2, 0.25) is 5.91 Å². The Morgan fingerprint density at radius 1 is 1.18 bits per heavy atom. The van der Waals surface area contributed by atoms with Gasteiger partial charge in [-0.2, -0.15) is 0 Å². The lowest BCUT2D eigenvalue weighted by atomic mass is 9.87. The molecule has 0 spiro atoms. The molecule has 2 saturated heterocycles. The van der Waals surface area contributed by atoms with Crippen LogP contribution in [0.15, 0.2) is 0 Å². The third-order valence-electron chi connectivity index (χ3n) is 4.52. The van der Waals surface area contributed by atoms with Crippen LogP contribution in [0.2, 0.25) is 0 Å². The van der Waals surface area contributed by atoms with Crippen LogP contribution in [0.5, 0.6) is 0 Å². The van der Waals surface area contributed by atoms with Crippen LogP contribution < -0.4 is 10.6 Å². The molecule has 3 aliphatic rings. The van der Waals surface area contributed by atoms with Crippen LogP contribution in [0.25, 0.3) is 0 Å². The van der Waals surface area contributed by atoms with Crippen molar-refractivity contribution in [2.45, 2.75) is 69.2 Å². The van der Waals surface area contributed by atoms with Crippen LogP contribution in [0.4, 0.5) is 0 Å². The summed E-state index contributed by atoms with van der Waals surface area (Å²) in [5.74, 6) is 0.756. The van der Waals surface area contributed by atoms with E-state index in [-0.39, 0.29) is 18.1 Å². The Kier molecular flexibility index (Phi) is 3.09. The van der Waals surface area contributed by atoms with Gasteiger partial charge in [-0.15, -0.1) is 0 Å². The van der Waals surface area contributed by atoms with Gasteiger partial charge in [0.05, 0.1) is 6.10 Å². The highest BCUT2D eigenvalue weighted by molar-refractivity contribution is 5.76. The zero-order valence-electron chi connectivity index (χ0n) is 10.2. The summed E-state index contributed by atoms with van der Waals surface area (Å²) in [6, 6.07) is 1.56. The van der Waals surface area contributed by atoms with E-state index in [1.807, 2.05) is 0 Å². The average molecular weight is 238 g/mol. The number of piperidine rings is 1. The highest BCUT2D eigenvalue weighted by atomic mass is 16.3. The molecule has 2 atom stereocenters. The van der Waals surface area contributed by atoms with Crippen LogP contribution in [0.3, 0.4) is 0 Å². The second-order valence-electron chi connectivity index (χ2n) is 6.07.